The van der Waals surface area contributed by atoms with Gasteiger partial charge < -0.3 is 14.7 Å². The maximum absolute atomic E-state index is 13.0. The largest absolute Gasteiger partial charge is 0.334 e. The minimum absolute atomic E-state index is 0.0609. The Balaban J connectivity index is 1.34. The molecule has 0 spiro atoms. The summed E-state index contributed by atoms with van der Waals surface area (Å²) >= 11 is 0. The molecule has 1 aliphatic rings. The molecule has 1 saturated heterocycles. The first kappa shape index (κ1) is 20.6. The molecule has 0 bridgehead atoms. The molecule has 0 saturated carbocycles. The molecule has 1 fully saturated rings. The van der Waals surface area contributed by atoms with Crippen LogP contribution < -0.4 is 10.2 Å². The van der Waals surface area contributed by atoms with Crippen LogP contribution in [-0.2, 0) is 9.59 Å². The van der Waals surface area contributed by atoms with E-state index in [9.17, 15) is 9.59 Å². The Morgan fingerprint density at radius 1 is 1.00 bits per heavy atom. The van der Waals surface area contributed by atoms with E-state index in [0.29, 0.717) is 29.5 Å². The Bertz CT molecular complexity index is 1300. The summed E-state index contributed by atoms with van der Waals surface area (Å²) in [5, 5.41) is 7.05. The second-order valence-corrected chi connectivity index (χ2v) is 8.06. The van der Waals surface area contributed by atoms with Gasteiger partial charge in [-0.2, -0.15) is 4.98 Å². The monoisotopic (exact) mass is 438 g/mol. The molecule has 33 heavy (non-hydrogen) atoms. The zero-order valence-corrected chi connectivity index (χ0v) is 18.1. The van der Waals surface area contributed by atoms with E-state index in [0.717, 1.165) is 16.8 Å². The van der Waals surface area contributed by atoms with Crippen molar-refractivity contribution in [2.75, 3.05) is 16.8 Å². The molecule has 164 valence electrons. The first-order chi connectivity index (χ1) is 16.1. The maximum atomic E-state index is 13.0. The summed E-state index contributed by atoms with van der Waals surface area (Å²) < 4.78 is 5.50. The Morgan fingerprint density at radius 2 is 1.73 bits per heavy atom. The van der Waals surface area contributed by atoms with Crippen molar-refractivity contribution in [2.45, 2.75) is 13.3 Å². The minimum atomic E-state index is -0.448. The first-order valence-corrected chi connectivity index (χ1v) is 10.7. The van der Waals surface area contributed by atoms with Crippen LogP contribution in [0, 0.1) is 12.8 Å². The molecule has 4 aromatic rings. The summed E-state index contributed by atoms with van der Waals surface area (Å²) in [7, 11) is 0. The number of amides is 2. The standard InChI is InChI=1S/C26H22N4O3/c1-17-11-13-18(14-12-17)24-28-26(33-29-24)21-9-5-6-10-22(21)27-25(32)19-15-23(31)30(16-19)20-7-3-2-4-8-20/h2-14,19H,15-16H2,1H3,(H,27,32)/t19-/m1/s1. The van der Waals surface area contributed by atoms with Gasteiger partial charge in [0.2, 0.25) is 17.6 Å². The number of hydrogen-bond acceptors (Lipinski definition) is 5. The predicted octanol–water partition coefficient (Wildman–Crippen LogP) is 4.70. The zero-order valence-electron chi connectivity index (χ0n) is 18.1. The molecule has 3 aromatic carbocycles. The van der Waals surface area contributed by atoms with E-state index in [1.807, 2.05) is 79.7 Å². The molecular formula is C26H22N4O3. The van der Waals surface area contributed by atoms with Crippen LogP contribution in [0.1, 0.15) is 12.0 Å². The van der Waals surface area contributed by atoms with E-state index >= 15 is 0 Å². The van der Waals surface area contributed by atoms with E-state index < -0.39 is 5.92 Å². The van der Waals surface area contributed by atoms with Crippen LogP contribution >= 0.6 is 0 Å². The van der Waals surface area contributed by atoms with Gasteiger partial charge in [-0.1, -0.05) is 65.3 Å². The SMILES string of the molecule is Cc1ccc(-c2noc(-c3ccccc3NC(=O)[C@@H]3CC(=O)N(c4ccccc4)C3)n2)cc1. The Morgan fingerprint density at radius 3 is 2.52 bits per heavy atom. The Labute approximate surface area is 191 Å². The summed E-state index contributed by atoms with van der Waals surface area (Å²) in [5.74, 6) is 0.0688. The number of carbonyl (C=O) groups is 2. The first-order valence-electron chi connectivity index (χ1n) is 10.7. The molecule has 0 aliphatic carbocycles. The summed E-state index contributed by atoms with van der Waals surface area (Å²) in [6.45, 7) is 2.36. The molecule has 0 unspecified atom stereocenters. The lowest BCUT2D eigenvalue weighted by molar-refractivity contribution is -0.122. The van der Waals surface area contributed by atoms with Crippen molar-refractivity contribution >= 4 is 23.2 Å². The van der Waals surface area contributed by atoms with Crippen molar-refractivity contribution < 1.29 is 14.1 Å². The van der Waals surface area contributed by atoms with Crippen molar-refractivity contribution in [1.29, 1.82) is 0 Å². The van der Waals surface area contributed by atoms with E-state index in [1.165, 1.54) is 0 Å². The molecule has 1 atom stereocenters. The van der Waals surface area contributed by atoms with Crippen molar-refractivity contribution in [3.8, 4) is 22.8 Å². The van der Waals surface area contributed by atoms with Crippen molar-refractivity contribution in [3.05, 3.63) is 84.4 Å². The fourth-order valence-electron chi connectivity index (χ4n) is 3.91. The van der Waals surface area contributed by atoms with Crippen LogP contribution in [0.3, 0.4) is 0 Å². The number of aryl methyl sites for hydroxylation is 1. The molecule has 1 aliphatic heterocycles. The number of hydrogen-bond donors (Lipinski definition) is 1. The number of nitrogens with zero attached hydrogens (tertiary/aromatic N) is 3. The number of nitrogens with one attached hydrogen (secondary N) is 1. The number of carbonyl (C=O) groups excluding carboxylic acids is 2. The number of benzene rings is 3. The lowest BCUT2D eigenvalue weighted by atomic mass is 10.1. The van der Waals surface area contributed by atoms with E-state index in [2.05, 4.69) is 15.5 Å². The van der Waals surface area contributed by atoms with Gasteiger partial charge in [-0.3, -0.25) is 9.59 Å². The third-order valence-corrected chi connectivity index (χ3v) is 5.71. The molecular weight excluding hydrogens is 416 g/mol. The fourth-order valence-corrected chi connectivity index (χ4v) is 3.91. The van der Waals surface area contributed by atoms with E-state index in [-0.39, 0.29) is 18.2 Å². The van der Waals surface area contributed by atoms with Crippen LogP contribution in [0.5, 0.6) is 0 Å². The van der Waals surface area contributed by atoms with Gasteiger partial charge in [0.15, 0.2) is 0 Å². The highest BCUT2D eigenvalue weighted by Gasteiger charge is 2.35. The average molecular weight is 438 g/mol. The third-order valence-electron chi connectivity index (χ3n) is 5.71. The highest BCUT2D eigenvalue weighted by molar-refractivity contribution is 6.04. The van der Waals surface area contributed by atoms with Gasteiger partial charge in [0.25, 0.3) is 5.89 Å². The summed E-state index contributed by atoms with van der Waals surface area (Å²) in [6, 6.07) is 24.5. The molecule has 5 rings (SSSR count). The van der Waals surface area contributed by atoms with Crippen LogP contribution in [0.2, 0.25) is 0 Å². The number of aromatic nitrogens is 2. The molecule has 2 heterocycles. The normalized spacial score (nSPS) is 15.6. The van der Waals surface area contributed by atoms with Crippen molar-refractivity contribution in [1.82, 2.24) is 10.1 Å². The van der Waals surface area contributed by atoms with Gasteiger partial charge in [-0.15, -0.1) is 0 Å². The minimum Gasteiger partial charge on any atom is -0.334 e. The average Bonchev–Trinajstić information content (AvgIpc) is 3.48. The molecule has 0 radical (unpaired) electrons. The van der Waals surface area contributed by atoms with Crippen LogP contribution in [-0.4, -0.2) is 28.5 Å². The van der Waals surface area contributed by atoms with Gasteiger partial charge in [0, 0.05) is 24.2 Å². The van der Waals surface area contributed by atoms with Crippen LogP contribution in [0.15, 0.2) is 83.4 Å². The summed E-state index contributed by atoms with van der Waals surface area (Å²) in [5.41, 5.74) is 3.98. The van der Waals surface area contributed by atoms with Gasteiger partial charge >= 0.3 is 0 Å². The quantitative estimate of drug-likeness (QED) is 0.488. The molecule has 7 heteroatoms. The molecule has 1 aromatic heterocycles. The number of rotatable bonds is 5. The summed E-state index contributed by atoms with van der Waals surface area (Å²) in [6.07, 6.45) is 0.168. The van der Waals surface area contributed by atoms with E-state index in [4.69, 9.17) is 4.52 Å². The highest BCUT2D eigenvalue weighted by Crippen LogP contribution is 2.30. The maximum Gasteiger partial charge on any atom is 0.260 e. The van der Waals surface area contributed by atoms with Gasteiger partial charge in [0.1, 0.15) is 0 Å². The van der Waals surface area contributed by atoms with Crippen LogP contribution in [0.25, 0.3) is 22.8 Å². The zero-order chi connectivity index (χ0) is 22.8. The Hall–Kier alpha value is -4.26. The van der Waals surface area contributed by atoms with Gasteiger partial charge in [0.05, 0.1) is 17.2 Å². The predicted molar refractivity (Wildman–Crippen MR) is 125 cm³/mol. The van der Waals surface area contributed by atoms with Gasteiger partial charge in [-0.25, -0.2) is 0 Å². The Kier molecular flexibility index (Phi) is 5.44. The lowest BCUT2D eigenvalue weighted by Gasteiger charge is -2.16. The topological polar surface area (TPSA) is 88.3 Å². The molecule has 7 nitrogen and oxygen atoms in total. The second-order valence-electron chi connectivity index (χ2n) is 8.06. The van der Waals surface area contributed by atoms with Crippen molar-refractivity contribution in [2.24, 2.45) is 5.92 Å². The molecule has 2 amide bonds. The number of para-hydroxylation sites is 2. The smallest absolute Gasteiger partial charge is 0.260 e. The second kappa shape index (κ2) is 8.70. The summed E-state index contributed by atoms with van der Waals surface area (Å²) in [4.78, 5) is 31.7. The van der Waals surface area contributed by atoms with Crippen LogP contribution in [0.4, 0.5) is 11.4 Å². The van der Waals surface area contributed by atoms with E-state index in [1.54, 1.807) is 11.0 Å². The number of anilines is 2. The lowest BCUT2D eigenvalue weighted by Crippen LogP contribution is -2.28. The van der Waals surface area contributed by atoms with Crippen molar-refractivity contribution in [3.63, 3.8) is 0 Å². The molecule has 1 N–H and O–H groups in total. The third kappa shape index (κ3) is 4.25. The van der Waals surface area contributed by atoms with Gasteiger partial charge in [-0.05, 0) is 31.2 Å². The highest BCUT2D eigenvalue weighted by atomic mass is 16.5. The fraction of sp³-hybridized carbons (Fsp3) is 0.154.